The molecule has 1 N–H and O–H groups in total. The summed E-state index contributed by atoms with van der Waals surface area (Å²) in [7, 11) is 0. The summed E-state index contributed by atoms with van der Waals surface area (Å²) in [4.78, 5) is 27.7. The van der Waals surface area contributed by atoms with E-state index >= 15 is 0 Å². The predicted octanol–water partition coefficient (Wildman–Crippen LogP) is 3.97. The van der Waals surface area contributed by atoms with Crippen molar-refractivity contribution in [3.8, 4) is 0 Å². The van der Waals surface area contributed by atoms with Gasteiger partial charge in [0, 0.05) is 55.9 Å². The Morgan fingerprint density at radius 2 is 1.61 bits per heavy atom. The molecule has 0 aliphatic carbocycles. The molecule has 1 saturated heterocycles. The van der Waals surface area contributed by atoms with Crippen LogP contribution in [-0.4, -0.2) is 42.9 Å². The van der Waals surface area contributed by atoms with Crippen LogP contribution in [0, 0.1) is 0 Å². The van der Waals surface area contributed by atoms with Gasteiger partial charge in [0.25, 0.3) is 0 Å². The highest BCUT2D eigenvalue weighted by Gasteiger charge is 2.18. The molecule has 0 spiro atoms. The minimum Gasteiger partial charge on any atom is -0.368 e. The molecule has 2 aromatic carbocycles. The van der Waals surface area contributed by atoms with Gasteiger partial charge < -0.3 is 15.1 Å². The first-order valence-electron chi connectivity index (χ1n) is 9.66. The van der Waals surface area contributed by atoms with Crippen molar-refractivity contribution in [1.29, 1.82) is 0 Å². The lowest BCUT2D eigenvalue weighted by molar-refractivity contribution is -0.129. The molecule has 6 heteroatoms. The number of rotatable bonds is 6. The lowest BCUT2D eigenvalue weighted by Gasteiger charge is -2.35. The van der Waals surface area contributed by atoms with E-state index in [1.54, 1.807) is 6.92 Å². The topological polar surface area (TPSA) is 52.7 Å². The van der Waals surface area contributed by atoms with Gasteiger partial charge in [0.15, 0.2) is 0 Å². The first kappa shape index (κ1) is 20.2. The third-order valence-corrected chi connectivity index (χ3v) is 5.28. The number of piperazine rings is 1. The van der Waals surface area contributed by atoms with E-state index in [9.17, 15) is 9.59 Å². The van der Waals surface area contributed by atoms with Crippen molar-refractivity contribution in [2.75, 3.05) is 36.4 Å². The van der Waals surface area contributed by atoms with Crippen LogP contribution in [0.5, 0.6) is 0 Å². The number of amides is 2. The van der Waals surface area contributed by atoms with Gasteiger partial charge in [-0.25, -0.2) is 0 Å². The molecule has 28 heavy (non-hydrogen) atoms. The number of nitrogens with zero attached hydrogens (tertiary/aromatic N) is 2. The molecule has 0 aromatic heterocycles. The molecular formula is C22H26ClN3O2. The molecule has 0 saturated carbocycles. The van der Waals surface area contributed by atoms with Gasteiger partial charge in [-0.3, -0.25) is 9.59 Å². The van der Waals surface area contributed by atoms with Gasteiger partial charge in [0.2, 0.25) is 11.8 Å². The van der Waals surface area contributed by atoms with E-state index in [2.05, 4.69) is 10.2 Å². The van der Waals surface area contributed by atoms with Gasteiger partial charge in [-0.1, -0.05) is 23.7 Å². The Morgan fingerprint density at radius 3 is 2.21 bits per heavy atom. The highest BCUT2D eigenvalue weighted by atomic mass is 35.5. The highest BCUT2D eigenvalue weighted by molar-refractivity contribution is 6.30. The number of nitrogens with one attached hydrogen (secondary N) is 1. The molecule has 0 bridgehead atoms. The molecule has 148 valence electrons. The van der Waals surface area contributed by atoms with Crippen molar-refractivity contribution in [3.05, 3.63) is 59.1 Å². The Labute approximate surface area is 171 Å². The summed E-state index contributed by atoms with van der Waals surface area (Å²) >= 11 is 5.88. The summed E-state index contributed by atoms with van der Waals surface area (Å²) < 4.78 is 0. The summed E-state index contributed by atoms with van der Waals surface area (Å²) in [5.41, 5.74) is 3.11. The smallest absolute Gasteiger partial charge is 0.224 e. The van der Waals surface area contributed by atoms with Crippen LogP contribution in [-0.2, 0) is 16.0 Å². The van der Waals surface area contributed by atoms with Gasteiger partial charge in [-0.05, 0) is 54.8 Å². The minimum atomic E-state index is 0.0248. The number of carbonyl (C=O) groups is 2. The fraction of sp³-hybridized carbons (Fsp3) is 0.364. The second kappa shape index (κ2) is 9.60. The van der Waals surface area contributed by atoms with Crippen LogP contribution in [0.2, 0.25) is 5.02 Å². The first-order chi connectivity index (χ1) is 13.5. The van der Waals surface area contributed by atoms with E-state index in [1.165, 1.54) is 5.56 Å². The average molecular weight is 400 g/mol. The number of benzene rings is 2. The number of anilines is 2. The van der Waals surface area contributed by atoms with Crippen LogP contribution in [0.3, 0.4) is 0 Å². The van der Waals surface area contributed by atoms with Gasteiger partial charge in [0.1, 0.15) is 0 Å². The van der Waals surface area contributed by atoms with E-state index in [1.807, 2.05) is 53.4 Å². The Bertz CT molecular complexity index is 798. The molecule has 1 aliphatic rings. The van der Waals surface area contributed by atoms with E-state index < -0.39 is 0 Å². The summed E-state index contributed by atoms with van der Waals surface area (Å²) in [6.07, 6.45) is 2.14. The lowest BCUT2D eigenvalue weighted by atomic mass is 10.1. The van der Waals surface area contributed by atoms with E-state index in [0.29, 0.717) is 6.42 Å². The molecule has 0 unspecified atom stereocenters. The Kier molecular flexibility index (Phi) is 6.93. The molecule has 2 amide bonds. The number of hydrogen-bond donors (Lipinski definition) is 1. The number of carbonyl (C=O) groups excluding carboxylic acids is 2. The third kappa shape index (κ3) is 5.73. The largest absolute Gasteiger partial charge is 0.368 e. The van der Waals surface area contributed by atoms with E-state index in [-0.39, 0.29) is 11.8 Å². The second-order valence-corrected chi connectivity index (χ2v) is 7.50. The Morgan fingerprint density at radius 1 is 0.964 bits per heavy atom. The van der Waals surface area contributed by atoms with E-state index in [4.69, 9.17) is 11.6 Å². The second-order valence-electron chi connectivity index (χ2n) is 7.07. The maximum atomic E-state index is 12.2. The number of hydrogen-bond acceptors (Lipinski definition) is 3. The zero-order valence-corrected chi connectivity index (χ0v) is 16.9. The van der Waals surface area contributed by atoms with Crippen LogP contribution >= 0.6 is 11.6 Å². The molecule has 0 radical (unpaired) electrons. The van der Waals surface area contributed by atoms with Crippen LogP contribution in [0.25, 0.3) is 0 Å². The van der Waals surface area contributed by atoms with Gasteiger partial charge >= 0.3 is 0 Å². The van der Waals surface area contributed by atoms with Gasteiger partial charge in [0.05, 0.1) is 0 Å². The fourth-order valence-corrected chi connectivity index (χ4v) is 3.49. The Hall–Kier alpha value is -2.53. The highest BCUT2D eigenvalue weighted by Crippen LogP contribution is 2.20. The minimum absolute atomic E-state index is 0.0248. The van der Waals surface area contributed by atoms with Crippen molar-refractivity contribution in [3.63, 3.8) is 0 Å². The first-order valence-corrected chi connectivity index (χ1v) is 10.0. The van der Waals surface area contributed by atoms with Crippen LogP contribution in [0.4, 0.5) is 11.4 Å². The zero-order chi connectivity index (χ0) is 19.9. The maximum absolute atomic E-state index is 12.2. The molecule has 1 heterocycles. The Balaban J connectivity index is 1.43. The summed E-state index contributed by atoms with van der Waals surface area (Å²) in [6, 6.07) is 15.6. The molecular weight excluding hydrogens is 374 g/mol. The lowest BCUT2D eigenvalue weighted by Crippen LogP contribution is -2.48. The van der Waals surface area contributed by atoms with Crippen LogP contribution in [0.1, 0.15) is 25.3 Å². The summed E-state index contributed by atoms with van der Waals surface area (Å²) in [6.45, 7) is 4.78. The zero-order valence-electron chi connectivity index (χ0n) is 16.2. The molecule has 1 fully saturated rings. The fourth-order valence-electron chi connectivity index (χ4n) is 3.36. The standard InChI is InChI=1S/C22H26ClN3O2/c1-17(27)25-13-15-26(16-14-25)21-11-9-20(10-12-21)24-22(28)4-2-3-18-5-7-19(23)8-6-18/h5-12H,2-4,13-16H2,1H3,(H,24,28). The predicted molar refractivity (Wildman–Crippen MR) is 114 cm³/mol. The van der Waals surface area contributed by atoms with Crippen molar-refractivity contribution in [1.82, 2.24) is 4.90 Å². The third-order valence-electron chi connectivity index (χ3n) is 5.02. The van der Waals surface area contributed by atoms with Crippen LogP contribution < -0.4 is 10.2 Å². The number of aryl methyl sites for hydroxylation is 1. The summed E-state index contributed by atoms with van der Waals surface area (Å²) in [5.74, 6) is 0.158. The molecule has 1 aliphatic heterocycles. The van der Waals surface area contributed by atoms with Crippen molar-refractivity contribution < 1.29 is 9.59 Å². The van der Waals surface area contributed by atoms with Gasteiger partial charge in [-0.2, -0.15) is 0 Å². The van der Waals surface area contributed by atoms with Crippen molar-refractivity contribution >= 4 is 34.8 Å². The van der Waals surface area contributed by atoms with Crippen LogP contribution in [0.15, 0.2) is 48.5 Å². The molecule has 3 rings (SSSR count). The number of halogens is 1. The van der Waals surface area contributed by atoms with Crippen molar-refractivity contribution in [2.24, 2.45) is 0 Å². The normalized spacial score (nSPS) is 14.1. The van der Waals surface area contributed by atoms with Crippen molar-refractivity contribution in [2.45, 2.75) is 26.2 Å². The summed E-state index contributed by atoms with van der Waals surface area (Å²) in [5, 5.41) is 3.69. The quantitative estimate of drug-likeness (QED) is 0.799. The monoisotopic (exact) mass is 399 g/mol. The van der Waals surface area contributed by atoms with E-state index in [0.717, 1.165) is 55.4 Å². The SMILES string of the molecule is CC(=O)N1CCN(c2ccc(NC(=O)CCCc3ccc(Cl)cc3)cc2)CC1. The maximum Gasteiger partial charge on any atom is 0.224 e. The molecule has 2 aromatic rings. The molecule has 5 nitrogen and oxygen atoms in total. The average Bonchev–Trinajstić information content (AvgIpc) is 2.70. The molecule has 0 atom stereocenters. The van der Waals surface area contributed by atoms with Gasteiger partial charge in [-0.15, -0.1) is 0 Å².